The summed E-state index contributed by atoms with van der Waals surface area (Å²) >= 11 is 1.79. The fourth-order valence-corrected chi connectivity index (χ4v) is 3.21. The van der Waals surface area contributed by atoms with E-state index in [4.69, 9.17) is 5.10 Å². The van der Waals surface area contributed by atoms with Crippen molar-refractivity contribution in [2.24, 2.45) is 0 Å². The number of para-hydroxylation sites is 1. The maximum absolute atomic E-state index is 4.82. The predicted octanol–water partition coefficient (Wildman–Crippen LogP) is 3.40. The van der Waals surface area contributed by atoms with E-state index < -0.39 is 0 Å². The molecule has 20 heavy (non-hydrogen) atoms. The van der Waals surface area contributed by atoms with Crippen molar-refractivity contribution in [1.82, 2.24) is 15.1 Å². The maximum atomic E-state index is 4.82. The summed E-state index contributed by atoms with van der Waals surface area (Å²) in [6.45, 7) is 1.74. The van der Waals surface area contributed by atoms with E-state index in [9.17, 15) is 0 Å². The second-order valence-electron chi connectivity index (χ2n) is 5.36. The molecule has 102 valence electrons. The normalized spacial score (nSPS) is 15.0. The standard InChI is InChI=1S/C16H17N3S/c1-2-6-16-14(5-1)15(10-17-12-7-8-12)18-19(16)11-13-4-3-9-20-13/h1-6,9,12,17H,7-8,10-11H2. The van der Waals surface area contributed by atoms with Crippen molar-refractivity contribution in [3.8, 4) is 0 Å². The van der Waals surface area contributed by atoms with Crippen molar-refractivity contribution in [3.05, 3.63) is 52.3 Å². The minimum absolute atomic E-state index is 0.719. The molecule has 1 saturated carbocycles. The summed E-state index contributed by atoms with van der Waals surface area (Å²) in [5.74, 6) is 0. The molecule has 3 aromatic rings. The van der Waals surface area contributed by atoms with E-state index in [2.05, 4.69) is 51.8 Å². The van der Waals surface area contributed by atoms with E-state index in [0.717, 1.165) is 19.1 Å². The number of hydrogen-bond donors (Lipinski definition) is 1. The monoisotopic (exact) mass is 283 g/mol. The van der Waals surface area contributed by atoms with Crippen LogP contribution < -0.4 is 5.32 Å². The number of benzene rings is 1. The first-order valence-electron chi connectivity index (χ1n) is 7.10. The number of thiophene rings is 1. The molecular weight excluding hydrogens is 266 g/mol. The SMILES string of the molecule is c1csc(Cn2nc(CNC3CC3)c3ccccc32)c1. The summed E-state index contributed by atoms with van der Waals surface area (Å²) in [7, 11) is 0. The van der Waals surface area contributed by atoms with E-state index in [1.54, 1.807) is 11.3 Å². The van der Waals surface area contributed by atoms with Crippen LogP contribution in [0.25, 0.3) is 10.9 Å². The van der Waals surface area contributed by atoms with Crippen molar-refractivity contribution < 1.29 is 0 Å². The molecule has 0 bridgehead atoms. The molecule has 1 aromatic carbocycles. The van der Waals surface area contributed by atoms with Crippen LogP contribution in [0.1, 0.15) is 23.4 Å². The molecule has 3 nitrogen and oxygen atoms in total. The number of hydrogen-bond acceptors (Lipinski definition) is 3. The van der Waals surface area contributed by atoms with E-state index in [1.807, 2.05) is 0 Å². The first-order valence-corrected chi connectivity index (χ1v) is 7.98. The van der Waals surface area contributed by atoms with E-state index >= 15 is 0 Å². The first kappa shape index (κ1) is 12.1. The minimum atomic E-state index is 0.719. The predicted molar refractivity (Wildman–Crippen MR) is 83.0 cm³/mol. The average Bonchev–Trinajstić information content (AvgIpc) is 3.05. The van der Waals surface area contributed by atoms with Gasteiger partial charge in [-0.05, 0) is 30.4 Å². The zero-order chi connectivity index (χ0) is 13.4. The fourth-order valence-electron chi connectivity index (χ4n) is 2.53. The number of rotatable bonds is 5. The molecule has 4 rings (SSSR count). The van der Waals surface area contributed by atoms with Gasteiger partial charge in [-0.3, -0.25) is 4.68 Å². The Bertz CT molecular complexity index is 710. The van der Waals surface area contributed by atoms with Crippen LogP contribution in [0.4, 0.5) is 0 Å². The zero-order valence-corrected chi connectivity index (χ0v) is 12.1. The summed E-state index contributed by atoms with van der Waals surface area (Å²) in [5, 5.41) is 11.8. The van der Waals surface area contributed by atoms with Crippen molar-refractivity contribution in [2.45, 2.75) is 32.0 Å². The lowest BCUT2D eigenvalue weighted by Crippen LogP contribution is -2.16. The third-order valence-electron chi connectivity index (χ3n) is 3.76. The molecule has 1 fully saturated rings. The van der Waals surface area contributed by atoms with Crippen LogP contribution >= 0.6 is 11.3 Å². The van der Waals surface area contributed by atoms with Gasteiger partial charge in [0, 0.05) is 22.8 Å². The van der Waals surface area contributed by atoms with Gasteiger partial charge in [0.2, 0.25) is 0 Å². The zero-order valence-electron chi connectivity index (χ0n) is 11.2. The lowest BCUT2D eigenvalue weighted by Gasteiger charge is -2.00. The molecule has 4 heteroatoms. The number of nitrogens with zero attached hydrogens (tertiary/aromatic N) is 2. The summed E-state index contributed by atoms with van der Waals surface area (Å²) in [6.07, 6.45) is 2.63. The summed E-state index contributed by atoms with van der Waals surface area (Å²) < 4.78 is 2.13. The van der Waals surface area contributed by atoms with Crippen molar-refractivity contribution in [2.75, 3.05) is 0 Å². The third-order valence-corrected chi connectivity index (χ3v) is 4.62. The lowest BCUT2D eigenvalue weighted by atomic mass is 10.2. The van der Waals surface area contributed by atoms with Crippen LogP contribution in [-0.2, 0) is 13.1 Å². The van der Waals surface area contributed by atoms with Gasteiger partial charge in [-0.15, -0.1) is 11.3 Å². The topological polar surface area (TPSA) is 29.9 Å². The average molecular weight is 283 g/mol. The Hall–Kier alpha value is -1.65. The molecule has 0 unspecified atom stereocenters. The molecule has 0 radical (unpaired) electrons. The molecule has 1 N–H and O–H groups in total. The Morgan fingerprint density at radius 3 is 2.90 bits per heavy atom. The molecule has 2 heterocycles. The van der Waals surface area contributed by atoms with Crippen LogP contribution in [-0.4, -0.2) is 15.8 Å². The second-order valence-corrected chi connectivity index (χ2v) is 6.39. The van der Waals surface area contributed by atoms with Crippen LogP contribution in [0.2, 0.25) is 0 Å². The molecule has 1 aliphatic carbocycles. The van der Waals surface area contributed by atoms with Gasteiger partial charge in [0.05, 0.1) is 17.8 Å². The van der Waals surface area contributed by atoms with Gasteiger partial charge in [0.25, 0.3) is 0 Å². The van der Waals surface area contributed by atoms with E-state index in [-0.39, 0.29) is 0 Å². The highest BCUT2D eigenvalue weighted by Crippen LogP contribution is 2.23. The van der Waals surface area contributed by atoms with Crippen LogP contribution in [0.3, 0.4) is 0 Å². The highest BCUT2D eigenvalue weighted by atomic mass is 32.1. The molecule has 0 atom stereocenters. The highest BCUT2D eigenvalue weighted by Gasteiger charge is 2.21. The Balaban J connectivity index is 1.68. The van der Waals surface area contributed by atoms with Gasteiger partial charge in [-0.1, -0.05) is 24.3 Å². The number of aromatic nitrogens is 2. The van der Waals surface area contributed by atoms with Crippen molar-refractivity contribution in [1.29, 1.82) is 0 Å². The summed E-state index contributed by atoms with van der Waals surface area (Å²) in [4.78, 5) is 1.35. The Morgan fingerprint density at radius 2 is 2.10 bits per heavy atom. The second kappa shape index (κ2) is 5.04. The summed E-state index contributed by atoms with van der Waals surface area (Å²) in [5.41, 5.74) is 2.40. The van der Waals surface area contributed by atoms with Crippen LogP contribution in [0.5, 0.6) is 0 Å². The minimum Gasteiger partial charge on any atom is -0.308 e. The number of nitrogens with one attached hydrogen (secondary N) is 1. The van der Waals surface area contributed by atoms with Crippen LogP contribution in [0.15, 0.2) is 41.8 Å². The molecule has 1 aliphatic rings. The smallest absolute Gasteiger partial charge is 0.0841 e. The van der Waals surface area contributed by atoms with Gasteiger partial charge in [-0.25, -0.2) is 0 Å². The highest BCUT2D eigenvalue weighted by molar-refractivity contribution is 7.09. The molecule has 2 aromatic heterocycles. The van der Waals surface area contributed by atoms with Crippen LogP contribution in [0, 0.1) is 0 Å². The Labute approximate surface area is 122 Å². The molecule has 0 amide bonds. The van der Waals surface area contributed by atoms with Gasteiger partial charge >= 0.3 is 0 Å². The van der Waals surface area contributed by atoms with Crippen molar-refractivity contribution >= 4 is 22.2 Å². The van der Waals surface area contributed by atoms with Gasteiger partial charge in [0.1, 0.15) is 0 Å². The molecular formula is C16H17N3S. The number of fused-ring (bicyclic) bond motifs is 1. The largest absolute Gasteiger partial charge is 0.308 e. The lowest BCUT2D eigenvalue weighted by molar-refractivity contribution is 0.643. The Morgan fingerprint density at radius 1 is 1.20 bits per heavy atom. The molecule has 0 spiro atoms. The fraction of sp³-hybridized carbons (Fsp3) is 0.312. The van der Waals surface area contributed by atoms with Gasteiger partial charge < -0.3 is 5.32 Å². The molecule has 0 aliphatic heterocycles. The van der Waals surface area contributed by atoms with Crippen molar-refractivity contribution in [3.63, 3.8) is 0 Å². The maximum Gasteiger partial charge on any atom is 0.0841 e. The quantitative estimate of drug-likeness (QED) is 0.778. The third kappa shape index (κ3) is 2.37. The Kier molecular flexibility index (Phi) is 3.05. The van der Waals surface area contributed by atoms with Gasteiger partial charge in [0.15, 0.2) is 0 Å². The summed E-state index contributed by atoms with van der Waals surface area (Å²) in [6, 6.07) is 13.5. The van der Waals surface area contributed by atoms with E-state index in [1.165, 1.54) is 34.3 Å². The van der Waals surface area contributed by atoms with E-state index in [0.29, 0.717) is 0 Å². The molecule has 0 saturated heterocycles. The van der Waals surface area contributed by atoms with Gasteiger partial charge in [-0.2, -0.15) is 5.10 Å². The first-order chi connectivity index (χ1) is 9.90.